The van der Waals surface area contributed by atoms with Crippen LogP contribution in [0.25, 0.3) is 22.0 Å². The number of aliphatic carboxylic acids is 1. The average molecular weight is 338 g/mol. The number of fused-ring (bicyclic) bond motifs is 1. The van der Waals surface area contributed by atoms with E-state index in [1.54, 1.807) is 12.1 Å². The molecule has 0 amide bonds. The summed E-state index contributed by atoms with van der Waals surface area (Å²) >= 11 is 0. The molecule has 0 saturated heterocycles. The van der Waals surface area contributed by atoms with Crippen LogP contribution in [0.2, 0.25) is 0 Å². The fourth-order valence-electron chi connectivity index (χ4n) is 2.16. The number of nitrogen functional groups attached to an aromatic ring is 1. The van der Waals surface area contributed by atoms with Crippen molar-refractivity contribution in [3.63, 3.8) is 0 Å². The zero-order valence-corrected chi connectivity index (χ0v) is 13.0. The molecule has 8 nitrogen and oxygen atoms in total. The van der Waals surface area contributed by atoms with E-state index in [0.717, 1.165) is 11.6 Å². The molecule has 0 aliphatic rings. The number of carbonyl (C=O) groups is 1. The molecule has 0 atom stereocenters. The third-order valence-electron chi connectivity index (χ3n) is 3.23. The Morgan fingerprint density at radius 2 is 1.92 bits per heavy atom. The summed E-state index contributed by atoms with van der Waals surface area (Å²) in [6.07, 6.45) is 2.23. The summed E-state index contributed by atoms with van der Waals surface area (Å²) in [6.45, 7) is 2.96. The van der Waals surface area contributed by atoms with Gasteiger partial charge in [0.25, 0.3) is 5.69 Å². The molecule has 0 bridgehead atoms. The highest BCUT2D eigenvalue weighted by Gasteiger charge is 2.11. The number of anilines is 1. The maximum atomic E-state index is 10.9. The molecule has 0 saturated carbocycles. The lowest BCUT2D eigenvalue weighted by Crippen LogP contribution is -1.95. The predicted molar refractivity (Wildman–Crippen MR) is 93.9 cm³/mol. The van der Waals surface area contributed by atoms with Crippen LogP contribution >= 0.6 is 0 Å². The van der Waals surface area contributed by atoms with Gasteiger partial charge in [-0.15, -0.1) is 0 Å². The first-order valence-corrected chi connectivity index (χ1v) is 7.03. The van der Waals surface area contributed by atoms with Crippen molar-refractivity contribution >= 4 is 28.4 Å². The molecular formula is C17H14N4O4. The molecular weight excluding hydrogens is 324 g/mol. The number of hydrogen-bond acceptors (Lipinski definition) is 6. The van der Waals surface area contributed by atoms with Gasteiger partial charge in [-0.05, 0) is 17.2 Å². The lowest BCUT2D eigenvalue weighted by Gasteiger charge is -2.07. The summed E-state index contributed by atoms with van der Waals surface area (Å²) in [4.78, 5) is 27.8. The minimum absolute atomic E-state index is 0.0370. The Balaban J connectivity index is 0.000000399. The summed E-state index contributed by atoms with van der Waals surface area (Å²) in [5.41, 5.74) is 8.15. The van der Waals surface area contributed by atoms with E-state index in [2.05, 4.69) is 16.5 Å². The SMILES string of the molecule is C=CC(=O)O.Nc1ncnc2cccc(-c3cccc([N+](=O)[O-])c3)c12. The summed E-state index contributed by atoms with van der Waals surface area (Å²) in [6, 6.07) is 11.9. The van der Waals surface area contributed by atoms with Crippen LogP contribution in [0.4, 0.5) is 11.5 Å². The average Bonchev–Trinajstić information content (AvgIpc) is 2.62. The van der Waals surface area contributed by atoms with Gasteiger partial charge in [0.15, 0.2) is 0 Å². The number of non-ortho nitro benzene ring substituents is 1. The highest BCUT2D eigenvalue weighted by molar-refractivity contribution is 6.01. The summed E-state index contributed by atoms with van der Waals surface area (Å²) in [5, 5.41) is 19.2. The van der Waals surface area contributed by atoms with Crippen LogP contribution in [0, 0.1) is 10.1 Å². The highest BCUT2D eigenvalue weighted by Crippen LogP contribution is 2.32. The van der Waals surface area contributed by atoms with Crippen LogP contribution in [0.5, 0.6) is 0 Å². The Kier molecular flexibility index (Phi) is 5.36. The molecule has 0 spiro atoms. The summed E-state index contributed by atoms with van der Waals surface area (Å²) < 4.78 is 0. The minimum Gasteiger partial charge on any atom is -0.478 e. The third kappa shape index (κ3) is 4.14. The summed E-state index contributed by atoms with van der Waals surface area (Å²) in [5.74, 6) is -0.623. The first-order chi connectivity index (χ1) is 11.9. The number of rotatable bonds is 3. The topological polar surface area (TPSA) is 132 Å². The standard InChI is InChI=1S/C14H10N4O2.C3H4O2/c15-14-13-11(5-2-6-12(13)16-8-17-14)9-3-1-4-10(7-9)18(19)20;1-2-3(4)5/h1-8H,(H2,15,16,17);2H,1H2,(H,4,5). The van der Waals surface area contributed by atoms with E-state index < -0.39 is 10.9 Å². The fraction of sp³-hybridized carbons (Fsp3) is 0. The van der Waals surface area contributed by atoms with Crippen molar-refractivity contribution in [2.75, 3.05) is 5.73 Å². The zero-order valence-electron chi connectivity index (χ0n) is 13.0. The number of nitro groups is 1. The number of aromatic nitrogens is 2. The van der Waals surface area contributed by atoms with Crippen LogP contribution in [0.15, 0.2) is 61.4 Å². The summed E-state index contributed by atoms with van der Waals surface area (Å²) in [7, 11) is 0. The lowest BCUT2D eigenvalue weighted by molar-refractivity contribution is -0.384. The quantitative estimate of drug-likeness (QED) is 0.426. The van der Waals surface area contributed by atoms with Gasteiger partial charge < -0.3 is 10.8 Å². The maximum absolute atomic E-state index is 10.9. The normalized spacial score (nSPS) is 9.76. The molecule has 3 aromatic rings. The van der Waals surface area contributed by atoms with Crippen molar-refractivity contribution in [3.05, 3.63) is 71.6 Å². The molecule has 8 heteroatoms. The number of nitro benzene ring substituents is 1. The first-order valence-electron chi connectivity index (χ1n) is 7.03. The van der Waals surface area contributed by atoms with Gasteiger partial charge in [0.05, 0.1) is 15.8 Å². The Hall–Kier alpha value is -3.81. The fourth-order valence-corrected chi connectivity index (χ4v) is 2.16. The van der Waals surface area contributed by atoms with Crippen molar-refractivity contribution in [2.45, 2.75) is 0 Å². The van der Waals surface area contributed by atoms with Gasteiger partial charge in [-0.3, -0.25) is 10.1 Å². The van der Waals surface area contributed by atoms with Gasteiger partial charge in [-0.25, -0.2) is 14.8 Å². The second-order valence-electron chi connectivity index (χ2n) is 4.81. The lowest BCUT2D eigenvalue weighted by atomic mass is 10.0. The van der Waals surface area contributed by atoms with E-state index in [1.165, 1.54) is 18.5 Å². The Bertz CT molecular complexity index is 951. The molecule has 0 aliphatic heterocycles. The Morgan fingerprint density at radius 3 is 2.56 bits per heavy atom. The second-order valence-corrected chi connectivity index (χ2v) is 4.81. The van der Waals surface area contributed by atoms with Crippen molar-refractivity contribution < 1.29 is 14.8 Å². The molecule has 0 unspecified atom stereocenters. The van der Waals surface area contributed by atoms with E-state index in [9.17, 15) is 14.9 Å². The maximum Gasteiger partial charge on any atom is 0.327 e. The number of carboxylic acid groups (broad SMARTS) is 1. The third-order valence-corrected chi connectivity index (χ3v) is 3.23. The minimum atomic E-state index is -0.981. The molecule has 1 aromatic heterocycles. The first kappa shape index (κ1) is 17.5. The number of nitrogens with two attached hydrogens (primary N) is 1. The van der Waals surface area contributed by atoms with Crippen LogP contribution in [-0.4, -0.2) is 26.0 Å². The van der Waals surface area contributed by atoms with Crippen molar-refractivity contribution in [1.82, 2.24) is 9.97 Å². The predicted octanol–water partition coefficient (Wildman–Crippen LogP) is 3.04. The molecule has 126 valence electrons. The van der Waals surface area contributed by atoms with Crippen LogP contribution < -0.4 is 5.73 Å². The molecule has 3 rings (SSSR count). The van der Waals surface area contributed by atoms with Gasteiger partial charge in [-0.2, -0.15) is 0 Å². The van der Waals surface area contributed by atoms with Crippen LogP contribution in [-0.2, 0) is 4.79 Å². The van der Waals surface area contributed by atoms with Gasteiger partial charge in [0, 0.05) is 18.2 Å². The van der Waals surface area contributed by atoms with Crippen molar-refractivity contribution in [2.24, 2.45) is 0 Å². The molecule has 25 heavy (non-hydrogen) atoms. The number of benzene rings is 2. The van der Waals surface area contributed by atoms with Gasteiger partial charge in [0.2, 0.25) is 0 Å². The van der Waals surface area contributed by atoms with E-state index in [-0.39, 0.29) is 5.69 Å². The van der Waals surface area contributed by atoms with E-state index >= 15 is 0 Å². The molecule has 2 aromatic carbocycles. The Morgan fingerprint density at radius 1 is 1.24 bits per heavy atom. The second kappa shape index (κ2) is 7.64. The molecule has 3 N–H and O–H groups in total. The van der Waals surface area contributed by atoms with E-state index in [1.807, 2.05) is 18.2 Å². The van der Waals surface area contributed by atoms with Crippen molar-refractivity contribution in [1.29, 1.82) is 0 Å². The number of carboxylic acids is 1. The van der Waals surface area contributed by atoms with Gasteiger partial charge >= 0.3 is 5.97 Å². The van der Waals surface area contributed by atoms with Crippen molar-refractivity contribution in [3.8, 4) is 11.1 Å². The molecule has 0 fully saturated rings. The molecule has 1 heterocycles. The van der Waals surface area contributed by atoms with Gasteiger partial charge in [-0.1, -0.05) is 30.8 Å². The monoisotopic (exact) mass is 338 g/mol. The smallest absolute Gasteiger partial charge is 0.327 e. The number of hydrogen-bond donors (Lipinski definition) is 2. The van der Waals surface area contributed by atoms with Crippen LogP contribution in [0.3, 0.4) is 0 Å². The Labute approximate surface area is 142 Å². The molecule has 0 aliphatic carbocycles. The van der Waals surface area contributed by atoms with Gasteiger partial charge in [0.1, 0.15) is 12.1 Å². The number of nitrogens with zero attached hydrogens (tertiary/aromatic N) is 3. The highest BCUT2D eigenvalue weighted by atomic mass is 16.6. The molecule has 0 radical (unpaired) electrons. The van der Waals surface area contributed by atoms with E-state index in [4.69, 9.17) is 10.8 Å². The van der Waals surface area contributed by atoms with E-state index in [0.29, 0.717) is 22.3 Å². The largest absolute Gasteiger partial charge is 0.478 e. The van der Waals surface area contributed by atoms with Crippen LogP contribution in [0.1, 0.15) is 0 Å². The zero-order chi connectivity index (χ0) is 18.4.